The zero-order valence-corrected chi connectivity index (χ0v) is 7.95. The van der Waals surface area contributed by atoms with E-state index in [9.17, 15) is 4.79 Å². The Morgan fingerprint density at radius 1 is 1.64 bits per heavy atom. The van der Waals surface area contributed by atoms with Gasteiger partial charge in [0.15, 0.2) is 0 Å². The Morgan fingerprint density at radius 2 is 2.27 bits per heavy atom. The van der Waals surface area contributed by atoms with Crippen LogP contribution in [0.2, 0.25) is 0 Å². The number of carbonyl (C=O) groups is 1. The van der Waals surface area contributed by atoms with Crippen LogP contribution >= 0.6 is 11.6 Å². The standard InChI is InChI=1S/C8H16ClNO/c1-3-7(2)10-8(11)5-4-6-9/h7H,3-6H2,1-2H3,(H,10,11). The van der Waals surface area contributed by atoms with Crippen LogP contribution in [0.3, 0.4) is 0 Å². The summed E-state index contributed by atoms with van der Waals surface area (Å²) in [7, 11) is 0. The van der Waals surface area contributed by atoms with E-state index in [0.29, 0.717) is 12.3 Å². The van der Waals surface area contributed by atoms with Gasteiger partial charge in [-0.3, -0.25) is 4.79 Å². The Bertz CT molecular complexity index is 117. The number of halogens is 1. The van der Waals surface area contributed by atoms with E-state index >= 15 is 0 Å². The molecule has 66 valence electrons. The number of hydrogen-bond acceptors (Lipinski definition) is 1. The van der Waals surface area contributed by atoms with Gasteiger partial charge in [-0.05, 0) is 19.8 Å². The first kappa shape index (κ1) is 10.8. The molecule has 0 aliphatic rings. The van der Waals surface area contributed by atoms with Gasteiger partial charge < -0.3 is 5.32 Å². The number of rotatable bonds is 5. The van der Waals surface area contributed by atoms with Crippen LogP contribution in [0, 0.1) is 0 Å². The minimum atomic E-state index is 0.111. The fourth-order valence-electron chi connectivity index (χ4n) is 0.676. The normalized spacial score (nSPS) is 12.6. The maximum atomic E-state index is 11.0. The van der Waals surface area contributed by atoms with E-state index in [1.807, 2.05) is 13.8 Å². The lowest BCUT2D eigenvalue weighted by molar-refractivity contribution is -0.121. The van der Waals surface area contributed by atoms with Gasteiger partial charge >= 0.3 is 0 Å². The van der Waals surface area contributed by atoms with Gasteiger partial charge in [-0.15, -0.1) is 11.6 Å². The summed E-state index contributed by atoms with van der Waals surface area (Å²) >= 11 is 5.44. The fraction of sp³-hybridized carbons (Fsp3) is 0.875. The van der Waals surface area contributed by atoms with Crippen molar-refractivity contribution in [2.45, 2.75) is 39.2 Å². The van der Waals surface area contributed by atoms with Gasteiger partial charge in [0.1, 0.15) is 0 Å². The summed E-state index contributed by atoms with van der Waals surface area (Å²) in [5.74, 6) is 0.675. The van der Waals surface area contributed by atoms with Crippen LogP contribution in [0.15, 0.2) is 0 Å². The van der Waals surface area contributed by atoms with E-state index in [0.717, 1.165) is 12.8 Å². The van der Waals surface area contributed by atoms with Crippen molar-refractivity contribution >= 4 is 17.5 Å². The van der Waals surface area contributed by atoms with Crippen molar-refractivity contribution < 1.29 is 4.79 Å². The molecule has 11 heavy (non-hydrogen) atoms. The average Bonchev–Trinajstić information content (AvgIpc) is 2.00. The molecule has 1 unspecified atom stereocenters. The Balaban J connectivity index is 3.36. The van der Waals surface area contributed by atoms with E-state index in [1.54, 1.807) is 0 Å². The first-order valence-corrected chi connectivity index (χ1v) is 4.59. The van der Waals surface area contributed by atoms with Crippen molar-refractivity contribution in [2.75, 3.05) is 5.88 Å². The molecule has 0 fully saturated rings. The van der Waals surface area contributed by atoms with Crippen LogP contribution < -0.4 is 5.32 Å². The summed E-state index contributed by atoms with van der Waals surface area (Å²) in [5.41, 5.74) is 0. The molecule has 0 radical (unpaired) electrons. The summed E-state index contributed by atoms with van der Waals surface area (Å²) in [4.78, 5) is 11.0. The quantitative estimate of drug-likeness (QED) is 0.639. The molecule has 1 amide bonds. The van der Waals surface area contributed by atoms with Crippen LogP contribution in [0.1, 0.15) is 33.1 Å². The summed E-state index contributed by atoms with van der Waals surface area (Å²) in [6, 6.07) is 0.290. The lowest BCUT2D eigenvalue weighted by Crippen LogP contribution is -2.31. The van der Waals surface area contributed by atoms with Crippen LogP contribution in [-0.4, -0.2) is 17.8 Å². The van der Waals surface area contributed by atoms with E-state index in [-0.39, 0.29) is 11.9 Å². The van der Waals surface area contributed by atoms with Crippen molar-refractivity contribution in [1.82, 2.24) is 5.32 Å². The van der Waals surface area contributed by atoms with Gasteiger partial charge in [0.2, 0.25) is 5.91 Å². The van der Waals surface area contributed by atoms with Crippen LogP contribution in [-0.2, 0) is 4.79 Å². The highest BCUT2D eigenvalue weighted by atomic mass is 35.5. The molecule has 2 nitrogen and oxygen atoms in total. The molecular formula is C8H16ClNO. The molecule has 0 aliphatic heterocycles. The molecule has 3 heteroatoms. The van der Waals surface area contributed by atoms with Gasteiger partial charge in [-0.2, -0.15) is 0 Å². The predicted molar refractivity (Wildman–Crippen MR) is 47.8 cm³/mol. The highest BCUT2D eigenvalue weighted by molar-refractivity contribution is 6.17. The second-order valence-corrected chi connectivity index (χ2v) is 3.05. The van der Waals surface area contributed by atoms with Crippen molar-refractivity contribution in [2.24, 2.45) is 0 Å². The number of amides is 1. The largest absolute Gasteiger partial charge is 0.354 e. The second-order valence-electron chi connectivity index (χ2n) is 2.67. The van der Waals surface area contributed by atoms with Gasteiger partial charge in [0.25, 0.3) is 0 Å². The lowest BCUT2D eigenvalue weighted by atomic mass is 10.2. The molecular weight excluding hydrogens is 162 g/mol. The minimum Gasteiger partial charge on any atom is -0.354 e. The van der Waals surface area contributed by atoms with E-state index in [2.05, 4.69) is 5.32 Å². The number of carbonyl (C=O) groups excluding carboxylic acids is 1. The van der Waals surface area contributed by atoms with Gasteiger partial charge in [0, 0.05) is 18.3 Å². The summed E-state index contributed by atoms with van der Waals surface area (Å²) in [6.07, 6.45) is 2.30. The predicted octanol–water partition coefficient (Wildman–Crippen LogP) is 1.92. The Kier molecular flexibility index (Phi) is 6.33. The smallest absolute Gasteiger partial charge is 0.220 e. The third-order valence-electron chi connectivity index (χ3n) is 1.56. The van der Waals surface area contributed by atoms with E-state index in [4.69, 9.17) is 11.6 Å². The molecule has 0 saturated carbocycles. The molecule has 0 spiro atoms. The van der Waals surface area contributed by atoms with Gasteiger partial charge in [-0.25, -0.2) is 0 Å². The molecule has 0 aromatic carbocycles. The molecule has 1 atom stereocenters. The highest BCUT2D eigenvalue weighted by Gasteiger charge is 2.03. The summed E-state index contributed by atoms with van der Waals surface area (Å²) in [6.45, 7) is 4.05. The molecule has 0 rings (SSSR count). The van der Waals surface area contributed by atoms with Crippen molar-refractivity contribution in [3.63, 3.8) is 0 Å². The number of alkyl halides is 1. The van der Waals surface area contributed by atoms with Crippen molar-refractivity contribution in [1.29, 1.82) is 0 Å². The molecule has 0 bridgehead atoms. The van der Waals surface area contributed by atoms with Crippen LogP contribution in [0.5, 0.6) is 0 Å². The zero-order chi connectivity index (χ0) is 8.69. The molecule has 0 aliphatic carbocycles. The number of nitrogens with one attached hydrogen (secondary N) is 1. The van der Waals surface area contributed by atoms with Crippen LogP contribution in [0.4, 0.5) is 0 Å². The summed E-state index contributed by atoms with van der Waals surface area (Å²) < 4.78 is 0. The number of hydrogen-bond donors (Lipinski definition) is 1. The molecule has 0 heterocycles. The van der Waals surface area contributed by atoms with Crippen LogP contribution in [0.25, 0.3) is 0 Å². The Hall–Kier alpha value is -0.240. The molecule has 0 aromatic heterocycles. The first-order chi connectivity index (χ1) is 5.20. The van der Waals surface area contributed by atoms with Crippen molar-refractivity contribution in [3.8, 4) is 0 Å². The Morgan fingerprint density at radius 3 is 2.73 bits per heavy atom. The maximum absolute atomic E-state index is 11.0. The summed E-state index contributed by atoms with van der Waals surface area (Å²) in [5, 5.41) is 2.87. The van der Waals surface area contributed by atoms with Gasteiger partial charge in [-0.1, -0.05) is 6.92 Å². The average molecular weight is 178 g/mol. The maximum Gasteiger partial charge on any atom is 0.220 e. The third-order valence-corrected chi connectivity index (χ3v) is 1.82. The lowest BCUT2D eigenvalue weighted by Gasteiger charge is -2.10. The zero-order valence-electron chi connectivity index (χ0n) is 7.19. The molecule has 0 aromatic rings. The second kappa shape index (κ2) is 6.47. The monoisotopic (exact) mass is 177 g/mol. The molecule has 0 saturated heterocycles. The van der Waals surface area contributed by atoms with Crippen molar-refractivity contribution in [3.05, 3.63) is 0 Å². The van der Waals surface area contributed by atoms with E-state index in [1.165, 1.54) is 0 Å². The highest BCUT2D eigenvalue weighted by Crippen LogP contribution is 1.94. The van der Waals surface area contributed by atoms with Gasteiger partial charge in [0.05, 0.1) is 0 Å². The fourth-order valence-corrected chi connectivity index (χ4v) is 0.810. The topological polar surface area (TPSA) is 29.1 Å². The van der Waals surface area contributed by atoms with E-state index < -0.39 is 0 Å². The first-order valence-electron chi connectivity index (χ1n) is 4.06. The third kappa shape index (κ3) is 6.17. The molecule has 1 N–H and O–H groups in total. The minimum absolute atomic E-state index is 0.111. The SMILES string of the molecule is CCC(C)NC(=O)CCCCl. The Labute approximate surface area is 73.3 Å².